The van der Waals surface area contributed by atoms with E-state index in [1.807, 2.05) is 24.3 Å². The van der Waals surface area contributed by atoms with Gasteiger partial charge in [-0.1, -0.05) is 35.3 Å². The summed E-state index contributed by atoms with van der Waals surface area (Å²) < 4.78 is 0. The number of carbonyl (C=O) groups is 2. The van der Waals surface area contributed by atoms with Gasteiger partial charge in [0.05, 0.1) is 28.6 Å². The van der Waals surface area contributed by atoms with Crippen molar-refractivity contribution in [2.45, 2.75) is 12.8 Å². The topological polar surface area (TPSA) is 61.4 Å². The Morgan fingerprint density at radius 2 is 1.92 bits per heavy atom. The number of nitrogens with one attached hydrogen (secondary N) is 2. The molecule has 0 unspecified atom stereocenters. The first-order valence-corrected chi connectivity index (χ1v) is 8.68. The number of nitrogens with zero attached hydrogens (tertiary/aromatic N) is 1. The number of benzene rings is 2. The average Bonchev–Trinajstić information content (AvgIpc) is 3.02. The molecule has 2 aromatic carbocycles. The van der Waals surface area contributed by atoms with Crippen LogP contribution in [0.4, 0.5) is 17.1 Å². The summed E-state index contributed by atoms with van der Waals surface area (Å²) >= 11 is 11.9. The summed E-state index contributed by atoms with van der Waals surface area (Å²) in [5.41, 5.74) is 2.04. The van der Waals surface area contributed by atoms with Crippen LogP contribution in [0.1, 0.15) is 12.8 Å². The van der Waals surface area contributed by atoms with Gasteiger partial charge in [0.25, 0.3) is 0 Å². The summed E-state index contributed by atoms with van der Waals surface area (Å²) in [6, 6.07) is 12.3. The van der Waals surface area contributed by atoms with Crippen LogP contribution in [0, 0.1) is 0 Å². The Morgan fingerprint density at radius 3 is 2.64 bits per heavy atom. The maximum atomic E-state index is 12.2. The maximum absolute atomic E-state index is 12.2. The second-order valence-corrected chi connectivity index (χ2v) is 6.54. The lowest BCUT2D eigenvalue weighted by Gasteiger charge is -2.20. The highest BCUT2D eigenvalue weighted by Crippen LogP contribution is 2.29. The fraction of sp³-hybridized carbons (Fsp3) is 0.222. The third-order valence-corrected chi connectivity index (χ3v) is 4.46. The van der Waals surface area contributed by atoms with Gasteiger partial charge < -0.3 is 15.5 Å². The van der Waals surface area contributed by atoms with Crippen LogP contribution in [0.2, 0.25) is 10.0 Å². The molecule has 3 rings (SSSR count). The summed E-state index contributed by atoms with van der Waals surface area (Å²) in [5.74, 6) is -0.140. The second-order valence-electron chi connectivity index (χ2n) is 5.69. The molecule has 1 aliphatic heterocycles. The molecular weight excluding hydrogens is 361 g/mol. The van der Waals surface area contributed by atoms with E-state index < -0.39 is 0 Å². The first-order chi connectivity index (χ1) is 12.0. The lowest BCUT2D eigenvalue weighted by molar-refractivity contribution is -0.117. The standard InChI is InChI=1S/C18H17Cl2N3O2/c19-12-7-8-14(13(20)10-12)22-17(24)11-21-15-4-1-2-5-16(15)23-9-3-6-18(23)25/h1-2,4-5,7-8,10,21H,3,6,9,11H2,(H,22,24). The van der Waals surface area contributed by atoms with Crippen LogP contribution in [0.3, 0.4) is 0 Å². The van der Waals surface area contributed by atoms with Crippen molar-refractivity contribution in [3.8, 4) is 0 Å². The highest BCUT2D eigenvalue weighted by atomic mass is 35.5. The van der Waals surface area contributed by atoms with E-state index in [2.05, 4.69) is 10.6 Å². The van der Waals surface area contributed by atoms with Crippen LogP contribution in [0.25, 0.3) is 0 Å². The van der Waals surface area contributed by atoms with Crippen LogP contribution >= 0.6 is 23.2 Å². The molecule has 25 heavy (non-hydrogen) atoms. The summed E-state index contributed by atoms with van der Waals surface area (Å²) in [7, 11) is 0. The number of anilines is 3. The maximum Gasteiger partial charge on any atom is 0.243 e. The minimum atomic E-state index is -0.244. The minimum absolute atomic E-state index is 0.0536. The Hall–Kier alpha value is -2.24. The molecule has 0 radical (unpaired) electrons. The van der Waals surface area contributed by atoms with Gasteiger partial charge in [-0.25, -0.2) is 0 Å². The van der Waals surface area contributed by atoms with E-state index in [0.717, 1.165) is 17.8 Å². The van der Waals surface area contributed by atoms with Gasteiger partial charge in [0.1, 0.15) is 0 Å². The number of hydrogen-bond acceptors (Lipinski definition) is 3. The third kappa shape index (κ3) is 4.24. The van der Waals surface area contributed by atoms with E-state index in [4.69, 9.17) is 23.2 Å². The molecule has 5 nitrogen and oxygen atoms in total. The van der Waals surface area contributed by atoms with Crippen molar-refractivity contribution in [2.24, 2.45) is 0 Å². The predicted molar refractivity (Wildman–Crippen MR) is 102 cm³/mol. The van der Waals surface area contributed by atoms with Gasteiger partial charge in [-0.2, -0.15) is 0 Å². The zero-order chi connectivity index (χ0) is 17.8. The average molecular weight is 378 g/mol. The van der Waals surface area contributed by atoms with E-state index in [1.165, 1.54) is 0 Å². The monoisotopic (exact) mass is 377 g/mol. The minimum Gasteiger partial charge on any atom is -0.374 e. The largest absolute Gasteiger partial charge is 0.374 e. The summed E-state index contributed by atoms with van der Waals surface area (Å²) in [6.45, 7) is 0.752. The zero-order valence-corrected chi connectivity index (χ0v) is 14.9. The van der Waals surface area contributed by atoms with Gasteiger partial charge in [0.15, 0.2) is 0 Å². The zero-order valence-electron chi connectivity index (χ0n) is 13.4. The Morgan fingerprint density at radius 1 is 1.12 bits per heavy atom. The molecule has 7 heteroatoms. The lowest BCUT2D eigenvalue weighted by Crippen LogP contribution is -2.26. The van der Waals surface area contributed by atoms with Crippen molar-refractivity contribution in [2.75, 3.05) is 28.6 Å². The Bertz CT molecular complexity index is 811. The van der Waals surface area contributed by atoms with E-state index in [-0.39, 0.29) is 18.4 Å². The van der Waals surface area contributed by atoms with Crippen molar-refractivity contribution in [3.63, 3.8) is 0 Å². The van der Waals surface area contributed by atoms with E-state index in [0.29, 0.717) is 28.7 Å². The number of halogens is 2. The third-order valence-electron chi connectivity index (χ3n) is 3.91. The molecule has 0 spiro atoms. The molecule has 0 aliphatic carbocycles. The van der Waals surface area contributed by atoms with Crippen molar-refractivity contribution in [3.05, 3.63) is 52.5 Å². The number of rotatable bonds is 5. The predicted octanol–water partition coefficient (Wildman–Crippen LogP) is 4.17. The van der Waals surface area contributed by atoms with Crippen LogP contribution in [-0.4, -0.2) is 24.9 Å². The van der Waals surface area contributed by atoms with Gasteiger partial charge in [0.2, 0.25) is 11.8 Å². The molecular formula is C18H17Cl2N3O2. The van der Waals surface area contributed by atoms with Gasteiger partial charge in [-0.3, -0.25) is 9.59 Å². The highest BCUT2D eigenvalue weighted by Gasteiger charge is 2.23. The molecule has 130 valence electrons. The van der Waals surface area contributed by atoms with Crippen LogP contribution in [0.15, 0.2) is 42.5 Å². The number of amides is 2. The van der Waals surface area contributed by atoms with Crippen molar-refractivity contribution in [1.82, 2.24) is 0 Å². The van der Waals surface area contributed by atoms with Crippen LogP contribution < -0.4 is 15.5 Å². The quantitative estimate of drug-likeness (QED) is 0.821. The van der Waals surface area contributed by atoms with Gasteiger partial charge in [-0.05, 0) is 36.8 Å². The summed E-state index contributed by atoms with van der Waals surface area (Å²) in [5, 5.41) is 6.70. The lowest BCUT2D eigenvalue weighted by atomic mass is 10.2. The molecule has 2 N–H and O–H groups in total. The normalized spacial score (nSPS) is 13.8. The first-order valence-electron chi connectivity index (χ1n) is 7.93. The van der Waals surface area contributed by atoms with Crippen molar-refractivity contribution < 1.29 is 9.59 Å². The molecule has 0 bridgehead atoms. The van der Waals surface area contributed by atoms with Crippen molar-refractivity contribution in [1.29, 1.82) is 0 Å². The van der Waals surface area contributed by atoms with Gasteiger partial charge in [0, 0.05) is 18.0 Å². The molecule has 1 heterocycles. The second kappa shape index (κ2) is 7.76. The molecule has 0 saturated carbocycles. The summed E-state index contributed by atoms with van der Waals surface area (Å²) in [6.07, 6.45) is 1.41. The van der Waals surface area contributed by atoms with Crippen LogP contribution in [-0.2, 0) is 9.59 Å². The molecule has 1 saturated heterocycles. The highest BCUT2D eigenvalue weighted by molar-refractivity contribution is 6.36. The molecule has 0 atom stereocenters. The fourth-order valence-corrected chi connectivity index (χ4v) is 3.18. The Balaban J connectivity index is 1.65. The Labute approximate surface area is 155 Å². The fourth-order valence-electron chi connectivity index (χ4n) is 2.72. The molecule has 1 fully saturated rings. The number of carbonyl (C=O) groups excluding carboxylic acids is 2. The number of para-hydroxylation sites is 2. The molecule has 2 amide bonds. The van der Waals surface area contributed by atoms with E-state index in [1.54, 1.807) is 23.1 Å². The summed E-state index contributed by atoms with van der Waals surface area (Å²) in [4.78, 5) is 25.9. The molecule has 1 aliphatic rings. The molecule has 0 aromatic heterocycles. The Kier molecular flexibility index (Phi) is 5.46. The van der Waals surface area contributed by atoms with Gasteiger partial charge >= 0.3 is 0 Å². The molecule has 2 aromatic rings. The number of hydrogen-bond donors (Lipinski definition) is 2. The van der Waals surface area contributed by atoms with Gasteiger partial charge in [-0.15, -0.1) is 0 Å². The van der Waals surface area contributed by atoms with E-state index >= 15 is 0 Å². The first kappa shape index (κ1) is 17.6. The van der Waals surface area contributed by atoms with Crippen molar-refractivity contribution >= 4 is 52.1 Å². The smallest absolute Gasteiger partial charge is 0.243 e. The SMILES string of the molecule is O=C(CNc1ccccc1N1CCCC1=O)Nc1ccc(Cl)cc1Cl. The van der Waals surface area contributed by atoms with E-state index in [9.17, 15) is 9.59 Å². The van der Waals surface area contributed by atoms with Crippen LogP contribution in [0.5, 0.6) is 0 Å².